The summed E-state index contributed by atoms with van der Waals surface area (Å²) < 4.78 is 0. The summed E-state index contributed by atoms with van der Waals surface area (Å²) in [5.41, 5.74) is 0.924. The molecule has 1 fully saturated rings. The molecule has 0 radical (unpaired) electrons. The zero-order valence-electron chi connectivity index (χ0n) is 11.9. The molecule has 5 nitrogen and oxygen atoms in total. The fraction of sp³-hybridized carbons (Fsp3) is 0.467. The van der Waals surface area contributed by atoms with Gasteiger partial charge in [0.15, 0.2) is 0 Å². The molecule has 2 amide bonds. The molecule has 21 heavy (non-hydrogen) atoms. The Balaban J connectivity index is 1.78. The second-order valence-corrected chi connectivity index (χ2v) is 5.96. The molecule has 2 rings (SSSR count). The molecule has 0 aromatic carbocycles. The first-order valence-corrected chi connectivity index (χ1v) is 7.69. The van der Waals surface area contributed by atoms with Gasteiger partial charge in [-0.1, -0.05) is 11.8 Å². The zero-order valence-corrected chi connectivity index (χ0v) is 12.7. The molecule has 6 heteroatoms. The molecule has 0 spiro atoms. The van der Waals surface area contributed by atoms with Gasteiger partial charge in [0.05, 0.1) is 9.75 Å². The van der Waals surface area contributed by atoms with Crippen LogP contribution >= 0.6 is 11.3 Å². The van der Waals surface area contributed by atoms with Crippen LogP contribution in [0.1, 0.15) is 33.0 Å². The van der Waals surface area contributed by atoms with Gasteiger partial charge in [-0.3, -0.25) is 9.59 Å². The topological polar surface area (TPSA) is 78.4 Å². The van der Waals surface area contributed by atoms with E-state index >= 15 is 0 Å². The number of hydrogen-bond donors (Lipinski definition) is 3. The summed E-state index contributed by atoms with van der Waals surface area (Å²) in [6, 6.07) is 1.78. The van der Waals surface area contributed by atoms with E-state index in [1.54, 1.807) is 6.07 Å². The Bertz CT molecular complexity index is 594. The minimum atomic E-state index is -0.195. The van der Waals surface area contributed by atoms with Crippen molar-refractivity contribution in [2.24, 2.45) is 5.92 Å². The van der Waals surface area contributed by atoms with E-state index < -0.39 is 0 Å². The van der Waals surface area contributed by atoms with Crippen molar-refractivity contribution in [2.45, 2.75) is 19.8 Å². The van der Waals surface area contributed by atoms with E-state index in [9.17, 15) is 9.59 Å². The van der Waals surface area contributed by atoms with Crippen LogP contribution in [0.15, 0.2) is 6.07 Å². The molecular weight excluding hydrogens is 288 g/mol. The third kappa shape index (κ3) is 4.59. The predicted octanol–water partition coefficient (Wildman–Crippen LogP) is 0.656. The Kier molecular flexibility index (Phi) is 5.37. The van der Waals surface area contributed by atoms with Crippen LogP contribution in [-0.4, -0.2) is 36.6 Å². The van der Waals surface area contributed by atoms with Crippen molar-refractivity contribution in [1.29, 1.82) is 0 Å². The average molecular weight is 306 g/mol. The van der Waals surface area contributed by atoms with E-state index in [-0.39, 0.29) is 24.3 Å². The molecule has 3 N–H and O–H groups in total. The zero-order chi connectivity index (χ0) is 15.2. The number of nitrogens with one attached hydrogen (secondary N) is 2. The Labute approximate surface area is 127 Å². The Morgan fingerprint density at radius 2 is 2.10 bits per heavy atom. The quantitative estimate of drug-likeness (QED) is 0.552. The van der Waals surface area contributed by atoms with Gasteiger partial charge in [0.1, 0.15) is 6.61 Å². The van der Waals surface area contributed by atoms with Crippen LogP contribution in [0.2, 0.25) is 0 Å². The van der Waals surface area contributed by atoms with Crippen LogP contribution in [0.4, 0.5) is 0 Å². The summed E-state index contributed by atoms with van der Waals surface area (Å²) in [5.74, 6) is 5.50. The normalized spacial score (nSPS) is 13.2. The number of rotatable bonds is 5. The molecule has 1 heterocycles. The van der Waals surface area contributed by atoms with Crippen molar-refractivity contribution in [1.82, 2.24) is 10.6 Å². The highest BCUT2D eigenvalue weighted by molar-refractivity contribution is 7.14. The maximum atomic E-state index is 12.0. The maximum absolute atomic E-state index is 12.0. The second-order valence-electron chi connectivity index (χ2n) is 4.90. The Morgan fingerprint density at radius 1 is 1.38 bits per heavy atom. The minimum Gasteiger partial charge on any atom is -0.384 e. The monoisotopic (exact) mass is 306 g/mol. The van der Waals surface area contributed by atoms with Crippen molar-refractivity contribution in [2.75, 3.05) is 19.7 Å². The summed E-state index contributed by atoms with van der Waals surface area (Å²) in [6.07, 6.45) is 1.95. The van der Waals surface area contributed by atoms with Crippen LogP contribution in [0.25, 0.3) is 0 Å². The van der Waals surface area contributed by atoms with Crippen LogP contribution < -0.4 is 10.6 Å². The highest BCUT2D eigenvalue weighted by atomic mass is 32.1. The van der Waals surface area contributed by atoms with E-state index in [1.165, 1.54) is 11.3 Å². The SMILES string of the molecule is Cc1cc(C(=O)NCCNC(=O)C2CC2)sc1C#CCO. The number of carbonyl (C=O) groups is 2. The molecule has 1 aromatic rings. The lowest BCUT2D eigenvalue weighted by Crippen LogP contribution is -2.35. The molecule has 0 aliphatic heterocycles. The number of aliphatic hydroxyl groups excluding tert-OH is 1. The average Bonchev–Trinajstić information content (AvgIpc) is 3.25. The van der Waals surface area contributed by atoms with Gasteiger partial charge >= 0.3 is 0 Å². The van der Waals surface area contributed by atoms with Crippen molar-refractivity contribution in [3.8, 4) is 11.8 Å². The summed E-state index contributed by atoms with van der Waals surface area (Å²) in [7, 11) is 0. The number of thiophene rings is 1. The summed E-state index contributed by atoms with van der Waals surface area (Å²) >= 11 is 1.30. The molecule has 0 saturated heterocycles. The molecule has 0 bridgehead atoms. The van der Waals surface area contributed by atoms with Crippen LogP contribution in [0.5, 0.6) is 0 Å². The van der Waals surface area contributed by atoms with E-state index in [4.69, 9.17) is 5.11 Å². The lowest BCUT2D eigenvalue weighted by molar-refractivity contribution is -0.122. The fourth-order valence-corrected chi connectivity index (χ4v) is 2.74. The van der Waals surface area contributed by atoms with E-state index in [0.29, 0.717) is 18.0 Å². The number of amides is 2. The summed E-state index contributed by atoms with van der Waals surface area (Å²) in [5, 5.41) is 14.2. The maximum Gasteiger partial charge on any atom is 0.261 e. The number of hydrogen-bond acceptors (Lipinski definition) is 4. The van der Waals surface area contributed by atoms with Crippen molar-refractivity contribution in [3.63, 3.8) is 0 Å². The fourth-order valence-electron chi connectivity index (χ4n) is 1.78. The lowest BCUT2D eigenvalue weighted by atomic mass is 10.2. The highest BCUT2D eigenvalue weighted by Crippen LogP contribution is 2.28. The number of aliphatic hydroxyl groups is 1. The molecular formula is C15H18N2O3S. The van der Waals surface area contributed by atoms with Gasteiger partial charge in [0, 0.05) is 19.0 Å². The van der Waals surface area contributed by atoms with Gasteiger partial charge in [-0.2, -0.15) is 0 Å². The molecule has 1 aliphatic carbocycles. The first-order chi connectivity index (χ1) is 10.1. The standard InChI is InChI=1S/C15H18N2O3S/c1-10-9-13(21-12(10)3-2-8-18)15(20)17-7-6-16-14(19)11-4-5-11/h9,11,18H,4-8H2,1H3,(H,16,19)(H,17,20). The first-order valence-electron chi connectivity index (χ1n) is 6.88. The van der Waals surface area contributed by atoms with Crippen molar-refractivity contribution in [3.05, 3.63) is 21.4 Å². The summed E-state index contributed by atoms with van der Waals surface area (Å²) in [4.78, 5) is 24.7. The molecule has 1 aromatic heterocycles. The minimum absolute atomic E-state index is 0.0813. The molecule has 1 aliphatic rings. The molecule has 112 valence electrons. The number of carbonyl (C=O) groups excluding carboxylic acids is 2. The largest absolute Gasteiger partial charge is 0.384 e. The van der Waals surface area contributed by atoms with Crippen molar-refractivity contribution < 1.29 is 14.7 Å². The van der Waals surface area contributed by atoms with Gasteiger partial charge in [-0.25, -0.2) is 0 Å². The van der Waals surface area contributed by atoms with Gasteiger partial charge in [-0.05, 0) is 31.4 Å². The van der Waals surface area contributed by atoms with Crippen LogP contribution in [0, 0.1) is 24.7 Å². The van der Waals surface area contributed by atoms with Crippen LogP contribution in [-0.2, 0) is 4.79 Å². The highest BCUT2D eigenvalue weighted by Gasteiger charge is 2.28. The first kappa shape index (κ1) is 15.5. The van der Waals surface area contributed by atoms with Gasteiger partial charge in [0.25, 0.3) is 5.91 Å². The lowest BCUT2D eigenvalue weighted by Gasteiger charge is -2.05. The third-order valence-electron chi connectivity index (χ3n) is 3.08. The van der Waals surface area contributed by atoms with E-state index in [2.05, 4.69) is 22.5 Å². The van der Waals surface area contributed by atoms with Crippen LogP contribution in [0.3, 0.4) is 0 Å². The smallest absolute Gasteiger partial charge is 0.261 e. The second kappa shape index (κ2) is 7.25. The van der Waals surface area contributed by atoms with Gasteiger partial charge in [-0.15, -0.1) is 11.3 Å². The molecule has 1 saturated carbocycles. The van der Waals surface area contributed by atoms with Gasteiger partial charge in [0.2, 0.25) is 5.91 Å². The van der Waals surface area contributed by atoms with E-state index in [1.807, 2.05) is 6.92 Å². The van der Waals surface area contributed by atoms with Crippen molar-refractivity contribution >= 4 is 23.2 Å². The molecule has 0 atom stereocenters. The number of aryl methyl sites for hydroxylation is 1. The third-order valence-corrected chi connectivity index (χ3v) is 4.23. The predicted molar refractivity (Wildman–Crippen MR) is 81.1 cm³/mol. The van der Waals surface area contributed by atoms with Gasteiger partial charge < -0.3 is 15.7 Å². The molecule has 0 unspecified atom stereocenters. The summed E-state index contributed by atoms with van der Waals surface area (Å²) in [6.45, 7) is 2.54. The Hall–Kier alpha value is -1.84. The Morgan fingerprint density at radius 3 is 2.76 bits per heavy atom. The van der Waals surface area contributed by atoms with E-state index in [0.717, 1.165) is 23.3 Å².